The predicted octanol–water partition coefficient (Wildman–Crippen LogP) is 3.89. The standard InChI is InChI=1S/C18H18Cl2FN3O/c19-15-2-1-3-16(20)18(15)22-17(25)12-23-8-10-24(11-9-23)14-6-4-13(21)5-7-14/h1-7H,8-12H2,(H,22,25). The number of carbonyl (C=O) groups excluding carboxylic acids is 1. The number of hydrogen-bond donors (Lipinski definition) is 1. The van der Waals surface area contributed by atoms with Crippen LogP contribution in [0.15, 0.2) is 42.5 Å². The van der Waals surface area contributed by atoms with E-state index in [4.69, 9.17) is 23.2 Å². The highest BCUT2D eigenvalue weighted by Gasteiger charge is 2.20. The van der Waals surface area contributed by atoms with Crippen molar-refractivity contribution < 1.29 is 9.18 Å². The number of carbonyl (C=O) groups is 1. The Balaban J connectivity index is 1.52. The van der Waals surface area contributed by atoms with Crippen LogP contribution in [0.1, 0.15) is 0 Å². The first-order valence-electron chi connectivity index (χ1n) is 7.99. The van der Waals surface area contributed by atoms with Crippen molar-refractivity contribution in [3.8, 4) is 0 Å². The molecule has 1 saturated heterocycles. The van der Waals surface area contributed by atoms with Gasteiger partial charge in [-0.25, -0.2) is 4.39 Å². The molecule has 0 bridgehead atoms. The van der Waals surface area contributed by atoms with Gasteiger partial charge in [-0.05, 0) is 36.4 Å². The average molecular weight is 382 g/mol. The van der Waals surface area contributed by atoms with E-state index in [1.165, 1.54) is 12.1 Å². The Kier molecular flexibility index (Phi) is 5.78. The molecule has 7 heteroatoms. The minimum atomic E-state index is -0.239. The number of nitrogens with one attached hydrogen (secondary N) is 1. The van der Waals surface area contributed by atoms with Gasteiger partial charge in [0.15, 0.2) is 0 Å². The van der Waals surface area contributed by atoms with Gasteiger partial charge in [-0.1, -0.05) is 29.3 Å². The molecule has 0 aliphatic carbocycles. The number of piperazine rings is 1. The molecule has 1 N–H and O–H groups in total. The number of halogens is 3. The topological polar surface area (TPSA) is 35.6 Å². The van der Waals surface area contributed by atoms with Gasteiger partial charge in [0.1, 0.15) is 5.82 Å². The number of rotatable bonds is 4. The molecule has 0 unspecified atom stereocenters. The Morgan fingerprint density at radius 2 is 1.60 bits per heavy atom. The average Bonchev–Trinajstić information content (AvgIpc) is 2.60. The van der Waals surface area contributed by atoms with Gasteiger partial charge in [-0.3, -0.25) is 9.69 Å². The van der Waals surface area contributed by atoms with Crippen molar-refractivity contribution in [2.24, 2.45) is 0 Å². The van der Waals surface area contributed by atoms with Gasteiger partial charge >= 0.3 is 0 Å². The normalized spacial score (nSPS) is 15.2. The van der Waals surface area contributed by atoms with Crippen LogP contribution in [-0.2, 0) is 4.79 Å². The number of hydrogen-bond acceptors (Lipinski definition) is 3. The third-order valence-electron chi connectivity index (χ3n) is 4.16. The summed E-state index contributed by atoms with van der Waals surface area (Å²) in [6, 6.07) is 11.6. The highest BCUT2D eigenvalue weighted by molar-refractivity contribution is 6.39. The summed E-state index contributed by atoms with van der Waals surface area (Å²) < 4.78 is 13.0. The van der Waals surface area contributed by atoms with E-state index in [1.54, 1.807) is 30.3 Å². The van der Waals surface area contributed by atoms with Crippen LogP contribution in [0, 0.1) is 5.82 Å². The molecule has 0 saturated carbocycles. The van der Waals surface area contributed by atoms with Gasteiger partial charge in [0, 0.05) is 31.9 Å². The van der Waals surface area contributed by atoms with Crippen molar-refractivity contribution >= 4 is 40.5 Å². The van der Waals surface area contributed by atoms with Gasteiger partial charge in [-0.15, -0.1) is 0 Å². The van der Waals surface area contributed by atoms with E-state index >= 15 is 0 Å². The third-order valence-corrected chi connectivity index (χ3v) is 4.79. The summed E-state index contributed by atoms with van der Waals surface area (Å²) in [4.78, 5) is 16.5. The predicted molar refractivity (Wildman–Crippen MR) is 100 cm³/mol. The van der Waals surface area contributed by atoms with Crippen LogP contribution in [-0.4, -0.2) is 43.5 Å². The van der Waals surface area contributed by atoms with Crippen molar-refractivity contribution in [3.05, 3.63) is 58.3 Å². The molecule has 0 radical (unpaired) electrons. The Morgan fingerprint density at radius 3 is 2.20 bits per heavy atom. The lowest BCUT2D eigenvalue weighted by Gasteiger charge is -2.35. The van der Waals surface area contributed by atoms with E-state index in [1.807, 2.05) is 0 Å². The lowest BCUT2D eigenvalue weighted by Crippen LogP contribution is -2.48. The summed E-state index contributed by atoms with van der Waals surface area (Å²) in [6.07, 6.45) is 0. The highest BCUT2D eigenvalue weighted by atomic mass is 35.5. The first kappa shape index (κ1) is 18.0. The quantitative estimate of drug-likeness (QED) is 0.872. The van der Waals surface area contributed by atoms with E-state index in [0.29, 0.717) is 15.7 Å². The monoisotopic (exact) mass is 381 g/mol. The van der Waals surface area contributed by atoms with Crippen LogP contribution in [0.5, 0.6) is 0 Å². The van der Waals surface area contributed by atoms with Crippen LogP contribution in [0.4, 0.5) is 15.8 Å². The van der Waals surface area contributed by atoms with Gasteiger partial charge in [0.05, 0.1) is 22.3 Å². The lowest BCUT2D eigenvalue weighted by molar-refractivity contribution is -0.117. The minimum absolute atomic E-state index is 0.148. The van der Waals surface area contributed by atoms with E-state index in [9.17, 15) is 9.18 Å². The first-order chi connectivity index (χ1) is 12.0. The molecule has 132 valence electrons. The van der Waals surface area contributed by atoms with Crippen LogP contribution < -0.4 is 10.2 Å². The van der Waals surface area contributed by atoms with Crippen molar-refractivity contribution in [1.29, 1.82) is 0 Å². The zero-order valence-corrected chi connectivity index (χ0v) is 15.0. The molecule has 1 aliphatic heterocycles. The molecule has 3 rings (SSSR count). The van der Waals surface area contributed by atoms with E-state index < -0.39 is 0 Å². The van der Waals surface area contributed by atoms with E-state index in [2.05, 4.69) is 15.1 Å². The Labute approximate surface area is 156 Å². The van der Waals surface area contributed by atoms with Gasteiger partial charge in [0.25, 0.3) is 0 Å². The van der Waals surface area contributed by atoms with Gasteiger partial charge in [0.2, 0.25) is 5.91 Å². The van der Waals surface area contributed by atoms with E-state index in [-0.39, 0.29) is 18.3 Å². The molecule has 0 aromatic heterocycles. The number of benzene rings is 2. The molecule has 25 heavy (non-hydrogen) atoms. The Morgan fingerprint density at radius 1 is 1.00 bits per heavy atom. The fourth-order valence-electron chi connectivity index (χ4n) is 2.82. The largest absolute Gasteiger partial charge is 0.369 e. The molecule has 4 nitrogen and oxygen atoms in total. The molecule has 1 aliphatic rings. The number of amides is 1. The molecule has 1 amide bonds. The SMILES string of the molecule is O=C(CN1CCN(c2ccc(F)cc2)CC1)Nc1c(Cl)cccc1Cl. The maximum atomic E-state index is 13.0. The van der Waals surface area contributed by atoms with Crippen molar-refractivity contribution in [2.75, 3.05) is 42.9 Å². The number of nitrogens with zero attached hydrogens (tertiary/aromatic N) is 2. The second-order valence-corrected chi connectivity index (χ2v) is 6.70. The molecule has 2 aromatic rings. The summed E-state index contributed by atoms with van der Waals surface area (Å²) in [6.45, 7) is 3.35. The number of para-hydroxylation sites is 1. The summed E-state index contributed by atoms with van der Waals surface area (Å²) in [5.41, 5.74) is 1.44. The third kappa shape index (κ3) is 4.63. The molecular formula is C18H18Cl2FN3O. The fourth-order valence-corrected chi connectivity index (χ4v) is 3.31. The smallest absolute Gasteiger partial charge is 0.238 e. The summed E-state index contributed by atoms with van der Waals surface area (Å²) in [7, 11) is 0. The van der Waals surface area contributed by atoms with Crippen molar-refractivity contribution in [2.45, 2.75) is 0 Å². The summed E-state index contributed by atoms with van der Waals surface area (Å²) in [5, 5.41) is 3.61. The van der Waals surface area contributed by atoms with Gasteiger partial charge in [-0.2, -0.15) is 0 Å². The van der Waals surface area contributed by atoms with Crippen LogP contribution in [0.2, 0.25) is 10.0 Å². The zero-order valence-electron chi connectivity index (χ0n) is 13.5. The molecule has 0 spiro atoms. The molecule has 1 heterocycles. The lowest BCUT2D eigenvalue weighted by atomic mass is 10.2. The van der Waals surface area contributed by atoms with Gasteiger partial charge < -0.3 is 10.2 Å². The van der Waals surface area contributed by atoms with Crippen LogP contribution in [0.25, 0.3) is 0 Å². The highest BCUT2D eigenvalue weighted by Crippen LogP contribution is 2.29. The second kappa shape index (κ2) is 8.04. The van der Waals surface area contributed by atoms with Crippen molar-refractivity contribution in [3.63, 3.8) is 0 Å². The maximum Gasteiger partial charge on any atom is 0.238 e. The summed E-state index contributed by atoms with van der Waals surface area (Å²) >= 11 is 12.1. The summed E-state index contributed by atoms with van der Waals surface area (Å²) in [5.74, 6) is -0.387. The van der Waals surface area contributed by atoms with Crippen molar-refractivity contribution in [1.82, 2.24) is 4.90 Å². The van der Waals surface area contributed by atoms with E-state index in [0.717, 1.165) is 31.9 Å². The molecule has 0 atom stereocenters. The minimum Gasteiger partial charge on any atom is -0.369 e. The number of anilines is 2. The first-order valence-corrected chi connectivity index (χ1v) is 8.75. The Bertz CT molecular complexity index is 726. The fraction of sp³-hybridized carbons (Fsp3) is 0.278. The van der Waals surface area contributed by atoms with Crippen LogP contribution >= 0.6 is 23.2 Å². The molecular weight excluding hydrogens is 364 g/mol. The second-order valence-electron chi connectivity index (χ2n) is 5.88. The molecule has 1 fully saturated rings. The zero-order chi connectivity index (χ0) is 17.8. The molecule has 2 aromatic carbocycles. The Hall–Kier alpha value is -1.82. The maximum absolute atomic E-state index is 13.0. The van der Waals surface area contributed by atoms with Crippen LogP contribution in [0.3, 0.4) is 0 Å².